The molecule has 0 spiro atoms. The van der Waals surface area contributed by atoms with Gasteiger partial charge in [0.15, 0.2) is 0 Å². The molecule has 0 N–H and O–H groups in total. The highest BCUT2D eigenvalue weighted by Gasteiger charge is 2.23. The zero-order chi connectivity index (χ0) is 14.7. The minimum atomic E-state index is -0.337. The summed E-state index contributed by atoms with van der Waals surface area (Å²) < 4.78 is 0.542. The lowest BCUT2D eigenvalue weighted by molar-refractivity contribution is -0.385. The van der Waals surface area contributed by atoms with Gasteiger partial charge in [-0.2, -0.15) is 0 Å². The maximum absolute atomic E-state index is 11.0. The average molecular weight is 341 g/mol. The number of nitro groups is 1. The second kappa shape index (κ2) is 6.68. The van der Waals surface area contributed by atoms with Gasteiger partial charge < -0.3 is 0 Å². The zero-order valence-electron chi connectivity index (χ0n) is 12.0. The summed E-state index contributed by atoms with van der Waals surface area (Å²) in [6, 6.07) is 6.00. The average Bonchev–Trinajstić information content (AvgIpc) is 2.40. The third-order valence-electron chi connectivity index (χ3n) is 4.17. The minimum Gasteiger partial charge on any atom is -0.299 e. The molecule has 2 rings (SSSR count). The summed E-state index contributed by atoms with van der Waals surface area (Å²) in [4.78, 5) is 13.0. The van der Waals surface area contributed by atoms with Crippen molar-refractivity contribution in [3.05, 3.63) is 38.3 Å². The van der Waals surface area contributed by atoms with Gasteiger partial charge in [-0.25, -0.2) is 0 Å². The SMILES string of the molecule is CC1CCCC(N(C)Cc2ccc(Br)c([N+](=O)[O-])c2)C1. The van der Waals surface area contributed by atoms with Crippen LogP contribution in [0.4, 0.5) is 5.69 Å². The highest BCUT2D eigenvalue weighted by Crippen LogP contribution is 2.29. The quantitative estimate of drug-likeness (QED) is 0.604. The molecule has 1 aromatic rings. The summed E-state index contributed by atoms with van der Waals surface area (Å²) >= 11 is 3.23. The Bertz CT molecular complexity index is 493. The number of nitrogens with zero attached hydrogens (tertiary/aromatic N) is 2. The zero-order valence-corrected chi connectivity index (χ0v) is 13.6. The first-order valence-corrected chi connectivity index (χ1v) is 7.89. The molecule has 0 aliphatic heterocycles. The van der Waals surface area contributed by atoms with Gasteiger partial charge in [-0.3, -0.25) is 15.0 Å². The normalized spacial score (nSPS) is 23.0. The standard InChI is InChI=1S/C15H21BrN2O2/c1-11-4-3-5-13(8-11)17(2)10-12-6-7-14(16)15(9-12)18(19)20/h6-7,9,11,13H,3-5,8,10H2,1-2H3. The van der Waals surface area contributed by atoms with Crippen LogP contribution in [0.25, 0.3) is 0 Å². The van der Waals surface area contributed by atoms with Crippen LogP contribution in [-0.2, 0) is 6.54 Å². The molecular weight excluding hydrogens is 320 g/mol. The molecule has 1 saturated carbocycles. The molecule has 0 bridgehead atoms. The molecular formula is C15H21BrN2O2. The van der Waals surface area contributed by atoms with Gasteiger partial charge in [-0.05, 0) is 53.4 Å². The molecule has 0 saturated heterocycles. The molecule has 1 fully saturated rings. The van der Waals surface area contributed by atoms with E-state index in [9.17, 15) is 10.1 Å². The van der Waals surface area contributed by atoms with Crippen molar-refractivity contribution in [1.29, 1.82) is 0 Å². The largest absolute Gasteiger partial charge is 0.299 e. The molecule has 5 heteroatoms. The number of hydrogen-bond acceptors (Lipinski definition) is 3. The van der Waals surface area contributed by atoms with E-state index in [0.29, 0.717) is 10.5 Å². The summed E-state index contributed by atoms with van der Waals surface area (Å²) in [6.45, 7) is 3.08. The van der Waals surface area contributed by atoms with Crippen molar-refractivity contribution in [2.75, 3.05) is 7.05 Å². The van der Waals surface area contributed by atoms with E-state index >= 15 is 0 Å². The highest BCUT2D eigenvalue weighted by molar-refractivity contribution is 9.10. The number of rotatable bonds is 4. The monoisotopic (exact) mass is 340 g/mol. The highest BCUT2D eigenvalue weighted by atomic mass is 79.9. The van der Waals surface area contributed by atoms with E-state index in [4.69, 9.17) is 0 Å². The van der Waals surface area contributed by atoms with E-state index in [-0.39, 0.29) is 10.6 Å². The second-order valence-electron chi connectivity index (χ2n) is 5.88. The lowest BCUT2D eigenvalue weighted by Crippen LogP contribution is -2.35. The molecule has 0 heterocycles. The van der Waals surface area contributed by atoms with E-state index < -0.39 is 0 Å². The fourth-order valence-electron chi connectivity index (χ4n) is 3.02. The third kappa shape index (κ3) is 3.79. The van der Waals surface area contributed by atoms with Crippen LogP contribution in [0, 0.1) is 16.0 Å². The van der Waals surface area contributed by atoms with Crippen LogP contribution >= 0.6 is 15.9 Å². The van der Waals surface area contributed by atoms with Gasteiger partial charge in [0.05, 0.1) is 9.40 Å². The van der Waals surface area contributed by atoms with Crippen LogP contribution in [-0.4, -0.2) is 22.9 Å². The summed E-state index contributed by atoms with van der Waals surface area (Å²) in [7, 11) is 2.12. The van der Waals surface area contributed by atoms with Gasteiger partial charge in [0, 0.05) is 18.7 Å². The molecule has 20 heavy (non-hydrogen) atoms. The van der Waals surface area contributed by atoms with Crippen LogP contribution in [0.3, 0.4) is 0 Å². The fraction of sp³-hybridized carbons (Fsp3) is 0.600. The van der Waals surface area contributed by atoms with Crippen molar-refractivity contribution < 1.29 is 4.92 Å². The van der Waals surface area contributed by atoms with Gasteiger partial charge >= 0.3 is 0 Å². The molecule has 2 atom stereocenters. The Morgan fingerprint density at radius 2 is 2.20 bits per heavy atom. The molecule has 1 aromatic carbocycles. The van der Waals surface area contributed by atoms with E-state index in [1.165, 1.54) is 25.7 Å². The van der Waals surface area contributed by atoms with Gasteiger partial charge in [0.25, 0.3) is 5.69 Å². The lowest BCUT2D eigenvalue weighted by atomic mass is 9.86. The Hall–Kier alpha value is -0.940. The second-order valence-corrected chi connectivity index (χ2v) is 6.74. The summed E-state index contributed by atoms with van der Waals surface area (Å²) in [5, 5.41) is 11.0. The predicted octanol–water partition coefficient (Wildman–Crippen LogP) is 4.37. The Balaban J connectivity index is 2.05. The van der Waals surface area contributed by atoms with Crippen molar-refractivity contribution in [3.63, 3.8) is 0 Å². The molecule has 0 radical (unpaired) electrons. The summed E-state index contributed by atoms with van der Waals surface area (Å²) in [5.74, 6) is 0.787. The van der Waals surface area contributed by atoms with Crippen molar-refractivity contribution in [3.8, 4) is 0 Å². The van der Waals surface area contributed by atoms with E-state index in [0.717, 1.165) is 18.0 Å². The maximum Gasteiger partial charge on any atom is 0.283 e. The van der Waals surface area contributed by atoms with Crippen molar-refractivity contribution in [2.45, 2.75) is 45.2 Å². The van der Waals surface area contributed by atoms with Gasteiger partial charge in [-0.15, -0.1) is 0 Å². The van der Waals surface area contributed by atoms with Crippen LogP contribution in [0.5, 0.6) is 0 Å². The van der Waals surface area contributed by atoms with E-state index in [1.807, 2.05) is 6.07 Å². The lowest BCUT2D eigenvalue weighted by Gasteiger charge is -2.34. The first-order valence-electron chi connectivity index (χ1n) is 7.10. The number of benzene rings is 1. The van der Waals surface area contributed by atoms with E-state index in [2.05, 4.69) is 34.8 Å². The smallest absolute Gasteiger partial charge is 0.283 e. The molecule has 1 aliphatic carbocycles. The van der Waals surface area contributed by atoms with Crippen molar-refractivity contribution >= 4 is 21.6 Å². The molecule has 0 amide bonds. The van der Waals surface area contributed by atoms with Crippen molar-refractivity contribution in [2.24, 2.45) is 5.92 Å². The topological polar surface area (TPSA) is 46.4 Å². The first-order chi connectivity index (χ1) is 9.47. The molecule has 4 nitrogen and oxygen atoms in total. The predicted molar refractivity (Wildman–Crippen MR) is 83.7 cm³/mol. The Labute approximate surface area is 128 Å². The number of halogens is 1. The van der Waals surface area contributed by atoms with E-state index in [1.54, 1.807) is 12.1 Å². The van der Waals surface area contributed by atoms with Crippen molar-refractivity contribution in [1.82, 2.24) is 4.90 Å². The Morgan fingerprint density at radius 1 is 1.45 bits per heavy atom. The fourth-order valence-corrected chi connectivity index (χ4v) is 3.41. The van der Waals surface area contributed by atoms with Crippen LogP contribution in [0.2, 0.25) is 0 Å². The summed E-state index contributed by atoms with van der Waals surface area (Å²) in [5.41, 5.74) is 1.15. The Kier molecular flexibility index (Phi) is 5.16. The molecule has 0 aromatic heterocycles. The Morgan fingerprint density at radius 3 is 2.85 bits per heavy atom. The molecule has 2 unspecified atom stereocenters. The number of nitro benzene ring substituents is 1. The number of hydrogen-bond donors (Lipinski definition) is 0. The minimum absolute atomic E-state index is 0.146. The maximum atomic E-state index is 11.0. The molecule has 110 valence electrons. The van der Waals surface area contributed by atoms with Crippen LogP contribution in [0.15, 0.2) is 22.7 Å². The van der Waals surface area contributed by atoms with Gasteiger partial charge in [0.2, 0.25) is 0 Å². The van der Waals surface area contributed by atoms with Gasteiger partial charge in [0.1, 0.15) is 0 Å². The first kappa shape index (κ1) is 15.4. The third-order valence-corrected chi connectivity index (χ3v) is 4.84. The van der Waals surface area contributed by atoms with Crippen LogP contribution in [0.1, 0.15) is 38.2 Å². The summed E-state index contributed by atoms with van der Waals surface area (Å²) in [6.07, 6.45) is 5.08. The van der Waals surface area contributed by atoms with Crippen LogP contribution < -0.4 is 0 Å². The van der Waals surface area contributed by atoms with Gasteiger partial charge in [-0.1, -0.05) is 25.8 Å². The molecule has 1 aliphatic rings.